The molecule has 1 amide bonds. The van der Waals surface area contributed by atoms with E-state index in [0.717, 1.165) is 17.0 Å². The van der Waals surface area contributed by atoms with Crippen molar-refractivity contribution < 1.29 is 4.79 Å². The Bertz CT molecular complexity index is 945. The fourth-order valence-electron chi connectivity index (χ4n) is 2.62. The van der Waals surface area contributed by atoms with Gasteiger partial charge in [0.2, 0.25) is 0 Å². The van der Waals surface area contributed by atoms with Crippen LogP contribution in [-0.2, 0) is 13.6 Å². The molecule has 0 bridgehead atoms. The van der Waals surface area contributed by atoms with Gasteiger partial charge in [0.1, 0.15) is 5.69 Å². The minimum atomic E-state index is -0.227. The molecule has 2 heterocycles. The van der Waals surface area contributed by atoms with E-state index in [-0.39, 0.29) is 5.91 Å². The summed E-state index contributed by atoms with van der Waals surface area (Å²) in [6, 6.07) is 7.03. The lowest BCUT2D eigenvalue weighted by molar-refractivity contribution is 0.101. The normalized spacial score (nSPS) is 10.9. The van der Waals surface area contributed by atoms with Crippen molar-refractivity contribution in [3.63, 3.8) is 0 Å². The number of benzene rings is 1. The molecule has 0 aliphatic carbocycles. The van der Waals surface area contributed by atoms with Crippen LogP contribution in [0.1, 0.15) is 27.4 Å². The molecule has 2 aromatic heterocycles. The van der Waals surface area contributed by atoms with Crippen molar-refractivity contribution in [2.24, 2.45) is 7.05 Å². The first-order chi connectivity index (χ1) is 11.9. The van der Waals surface area contributed by atoms with Gasteiger partial charge in [-0.2, -0.15) is 10.2 Å². The molecule has 6 nitrogen and oxygen atoms in total. The number of amides is 1. The number of carbonyl (C=O) groups excluding carboxylic acids is 1. The summed E-state index contributed by atoms with van der Waals surface area (Å²) in [5.74, 6) is -0.227. The molecule has 3 aromatic rings. The van der Waals surface area contributed by atoms with Crippen molar-refractivity contribution in [1.29, 1.82) is 0 Å². The highest BCUT2D eigenvalue weighted by Crippen LogP contribution is 2.25. The number of aromatic nitrogens is 4. The molecular weight excluding hydrogens is 361 g/mol. The molecule has 0 radical (unpaired) electrons. The van der Waals surface area contributed by atoms with Crippen LogP contribution in [0.5, 0.6) is 0 Å². The average molecular weight is 378 g/mol. The molecule has 0 atom stereocenters. The maximum Gasteiger partial charge on any atom is 0.274 e. The molecule has 3 rings (SSSR count). The molecule has 1 N–H and O–H groups in total. The standard InChI is InChI=1S/C17H17Cl2N5O/c1-10-16(21-17(25)15-6-7-20-23(15)3)11(2)24(22-10)9-12-4-5-13(18)8-14(12)19/h4-8H,9H2,1-3H3,(H,21,25). The monoisotopic (exact) mass is 377 g/mol. The molecule has 130 valence electrons. The number of carbonyl (C=O) groups is 1. The zero-order chi connectivity index (χ0) is 18.1. The smallest absolute Gasteiger partial charge is 0.274 e. The zero-order valence-electron chi connectivity index (χ0n) is 14.0. The molecule has 1 aromatic carbocycles. The molecule has 0 saturated heterocycles. The van der Waals surface area contributed by atoms with E-state index in [9.17, 15) is 4.79 Å². The molecular formula is C17H17Cl2N5O. The van der Waals surface area contributed by atoms with Gasteiger partial charge in [-0.25, -0.2) is 0 Å². The zero-order valence-corrected chi connectivity index (χ0v) is 15.6. The van der Waals surface area contributed by atoms with Crippen LogP contribution in [-0.4, -0.2) is 25.5 Å². The predicted molar refractivity (Wildman–Crippen MR) is 98.4 cm³/mol. The number of aryl methyl sites for hydroxylation is 2. The Labute approximate surface area is 155 Å². The van der Waals surface area contributed by atoms with Crippen LogP contribution in [0.2, 0.25) is 10.0 Å². The summed E-state index contributed by atoms with van der Waals surface area (Å²) < 4.78 is 3.33. The van der Waals surface area contributed by atoms with Crippen LogP contribution in [0, 0.1) is 13.8 Å². The maximum absolute atomic E-state index is 12.4. The molecule has 0 fully saturated rings. The third kappa shape index (κ3) is 3.55. The van der Waals surface area contributed by atoms with Gasteiger partial charge >= 0.3 is 0 Å². The molecule has 8 heteroatoms. The predicted octanol–water partition coefficient (Wildman–Crippen LogP) is 3.84. The van der Waals surface area contributed by atoms with E-state index in [1.165, 1.54) is 4.68 Å². The van der Waals surface area contributed by atoms with Gasteiger partial charge in [-0.1, -0.05) is 29.3 Å². The van der Waals surface area contributed by atoms with E-state index >= 15 is 0 Å². The van der Waals surface area contributed by atoms with Gasteiger partial charge < -0.3 is 5.32 Å². The number of nitrogens with one attached hydrogen (secondary N) is 1. The van der Waals surface area contributed by atoms with Crippen LogP contribution in [0.4, 0.5) is 5.69 Å². The van der Waals surface area contributed by atoms with Gasteiger partial charge in [-0.15, -0.1) is 0 Å². The minimum Gasteiger partial charge on any atom is -0.317 e. The summed E-state index contributed by atoms with van der Waals surface area (Å²) in [6.07, 6.45) is 1.58. The first-order valence-corrected chi connectivity index (χ1v) is 8.39. The largest absolute Gasteiger partial charge is 0.317 e. The Morgan fingerprint density at radius 1 is 1.24 bits per heavy atom. The first-order valence-electron chi connectivity index (χ1n) is 7.64. The van der Waals surface area contributed by atoms with Gasteiger partial charge in [0.25, 0.3) is 5.91 Å². The Kier molecular flexibility index (Phi) is 4.83. The number of hydrogen-bond donors (Lipinski definition) is 1. The SMILES string of the molecule is Cc1nn(Cc2ccc(Cl)cc2Cl)c(C)c1NC(=O)c1ccnn1C. The van der Waals surface area contributed by atoms with Gasteiger partial charge in [-0.05, 0) is 37.6 Å². The molecule has 0 spiro atoms. The summed E-state index contributed by atoms with van der Waals surface area (Å²) in [5, 5.41) is 12.6. The van der Waals surface area contributed by atoms with E-state index in [1.54, 1.807) is 31.4 Å². The van der Waals surface area contributed by atoms with Crippen molar-refractivity contribution in [1.82, 2.24) is 19.6 Å². The summed E-state index contributed by atoms with van der Waals surface area (Å²) in [6.45, 7) is 4.25. The number of rotatable bonds is 4. The van der Waals surface area contributed by atoms with Crippen molar-refractivity contribution in [3.8, 4) is 0 Å². The van der Waals surface area contributed by atoms with E-state index in [2.05, 4.69) is 15.5 Å². The van der Waals surface area contributed by atoms with E-state index in [4.69, 9.17) is 23.2 Å². The third-order valence-corrected chi connectivity index (χ3v) is 4.60. The van der Waals surface area contributed by atoms with Crippen molar-refractivity contribution >= 4 is 34.8 Å². The fraction of sp³-hybridized carbons (Fsp3) is 0.235. The minimum absolute atomic E-state index is 0.227. The summed E-state index contributed by atoms with van der Waals surface area (Å²) in [7, 11) is 1.72. The second-order valence-electron chi connectivity index (χ2n) is 5.73. The van der Waals surface area contributed by atoms with Crippen LogP contribution < -0.4 is 5.32 Å². The molecule has 0 aliphatic heterocycles. The van der Waals surface area contributed by atoms with Crippen LogP contribution in [0.3, 0.4) is 0 Å². The summed E-state index contributed by atoms with van der Waals surface area (Å²) >= 11 is 12.2. The lowest BCUT2D eigenvalue weighted by Crippen LogP contribution is -2.17. The van der Waals surface area contributed by atoms with E-state index in [1.807, 2.05) is 24.6 Å². The lowest BCUT2D eigenvalue weighted by Gasteiger charge is -2.09. The van der Waals surface area contributed by atoms with Gasteiger partial charge in [0.05, 0.1) is 23.6 Å². The number of hydrogen-bond acceptors (Lipinski definition) is 3. The second kappa shape index (κ2) is 6.90. The van der Waals surface area contributed by atoms with E-state index in [0.29, 0.717) is 28.0 Å². The molecule has 0 saturated carbocycles. The highest BCUT2D eigenvalue weighted by atomic mass is 35.5. The Hall–Kier alpha value is -2.31. The molecule has 0 aliphatic rings. The van der Waals surface area contributed by atoms with Gasteiger partial charge in [0, 0.05) is 23.3 Å². The van der Waals surface area contributed by atoms with Crippen LogP contribution in [0.15, 0.2) is 30.5 Å². The van der Waals surface area contributed by atoms with Crippen molar-refractivity contribution in [3.05, 3.63) is 63.2 Å². The van der Waals surface area contributed by atoms with Gasteiger partial charge in [-0.3, -0.25) is 14.2 Å². The summed E-state index contributed by atoms with van der Waals surface area (Å²) in [4.78, 5) is 12.4. The van der Waals surface area contributed by atoms with Crippen LogP contribution >= 0.6 is 23.2 Å². The fourth-order valence-corrected chi connectivity index (χ4v) is 3.09. The van der Waals surface area contributed by atoms with E-state index < -0.39 is 0 Å². The lowest BCUT2D eigenvalue weighted by atomic mass is 10.2. The highest BCUT2D eigenvalue weighted by Gasteiger charge is 2.17. The van der Waals surface area contributed by atoms with Gasteiger partial charge in [0.15, 0.2) is 0 Å². The first kappa shape index (κ1) is 17.5. The quantitative estimate of drug-likeness (QED) is 0.750. The van der Waals surface area contributed by atoms with Crippen LogP contribution in [0.25, 0.3) is 0 Å². The second-order valence-corrected chi connectivity index (χ2v) is 6.58. The van der Waals surface area contributed by atoms with Crippen molar-refractivity contribution in [2.75, 3.05) is 5.32 Å². The topological polar surface area (TPSA) is 64.7 Å². The molecule has 25 heavy (non-hydrogen) atoms. The number of anilines is 1. The average Bonchev–Trinajstić information content (AvgIpc) is 3.09. The number of nitrogens with zero attached hydrogens (tertiary/aromatic N) is 4. The summed E-state index contributed by atoms with van der Waals surface area (Å²) in [5.41, 5.74) is 3.65. The molecule has 0 unspecified atom stereocenters. The third-order valence-electron chi connectivity index (χ3n) is 4.01. The number of halogens is 2. The Balaban J connectivity index is 1.86. The maximum atomic E-state index is 12.4. The highest BCUT2D eigenvalue weighted by molar-refractivity contribution is 6.35. The Morgan fingerprint density at radius 3 is 2.64 bits per heavy atom. The van der Waals surface area contributed by atoms with Crippen molar-refractivity contribution in [2.45, 2.75) is 20.4 Å². The Morgan fingerprint density at radius 2 is 2.00 bits per heavy atom.